The fourth-order valence-corrected chi connectivity index (χ4v) is 2.44. The third kappa shape index (κ3) is 3.89. The maximum absolute atomic E-state index is 12.3. The van der Waals surface area contributed by atoms with Crippen molar-refractivity contribution in [2.45, 2.75) is 0 Å². The minimum Gasteiger partial charge on any atom is -0.264 e. The second-order valence-corrected chi connectivity index (χ2v) is 5.56. The average Bonchev–Trinajstić information content (AvgIpc) is 2.63. The van der Waals surface area contributed by atoms with Crippen LogP contribution in [0.15, 0.2) is 79.0 Å². The third-order valence-electron chi connectivity index (χ3n) is 3.49. The molecule has 3 nitrogen and oxygen atoms in total. The van der Waals surface area contributed by atoms with Crippen molar-refractivity contribution in [3.05, 3.63) is 101 Å². The molecule has 24 heavy (non-hydrogen) atoms. The number of carbonyl (C=O) groups is 1. The zero-order valence-electron chi connectivity index (χ0n) is 12.9. The highest BCUT2D eigenvalue weighted by Crippen LogP contribution is 2.17. The number of amides is 1. The van der Waals surface area contributed by atoms with Gasteiger partial charge < -0.3 is 0 Å². The lowest BCUT2D eigenvalue weighted by molar-refractivity contribution is -0.643. The molecule has 0 fully saturated rings. The van der Waals surface area contributed by atoms with E-state index in [2.05, 4.69) is 5.43 Å². The Labute approximate surface area is 145 Å². The smallest absolute Gasteiger partial charge is 0.264 e. The number of rotatable bonds is 4. The molecular formula is C20H16ClN2O+. The summed E-state index contributed by atoms with van der Waals surface area (Å²) in [7, 11) is 0. The molecule has 0 aliphatic carbocycles. The minimum absolute atomic E-state index is 0.167. The molecule has 0 bridgehead atoms. The molecule has 0 aliphatic heterocycles. The standard InChI is InChI=1S/C20H15ClN2O/c21-19-12-5-4-8-16(19)13-14-18-11-6-7-15-23(18)22-20(24)17-9-2-1-3-10-17/h1-15H/p+1/b14-13+. The van der Waals surface area contributed by atoms with Gasteiger partial charge in [0.1, 0.15) is 0 Å². The van der Waals surface area contributed by atoms with E-state index < -0.39 is 0 Å². The lowest BCUT2D eigenvalue weighted by Crippen LogP contribution is -2.50. The van der Waals surface area contributed by atoms with Crippen LogP contribution < -0.4 is 10.1 Å². The molecule has 3 rings (SSSR count). The molecule has 4 heteroatoms. The van der Waals surface area contributed by atoms with Crippen molar-refractivity contribution in [1.29, 1.82) is 0 Å². The summed E-state index contributed by atoms with van der Waals surface area (Å²) in [6.07, 6.45) is 5.63. The van der Waals surface area contributed by atoms with E-state index >= 15 is 0 Å². The summed E-state index contributed by atoms with van der Waals surface area (Å²) in [6.45, 7) is 0. The van der Waals surface area contributed by atoms with Gasteiger partial charge in [-0.3, -0.25) is 4.79 Å². The summed E-state index contributed by atoms with van der Waals surface area (Å²) in [5.41, 5.74) is 5.23. The van der Waals surface area contributed by atoms with Gasteiger partial charge in [-0.2, -0.15) is 0 Å². The number of carbonyl (C=O) groups excluding carboxylic acids is 1. The van der Waals surface area contributed by atoms with E-state index in [-0.39, 0.29) is 5.91 Å². The van der Waals surface area contributed by atoms with E-state index in [1.54, 1.807) is 23.0 Å². The van der Waals surface area contributed by atoms with Gasteiger partial charge in [0.15, 0.2) is 0 Å². The fourth-order valence-electron chi connectivity index (χ4n) is 2.24. The first-order valence-electron chi connectivity index (χ1n) is 7.54. The number of benzene rings is 2. The molecule has 0 saturated carbocycles. The number of aromatic nitrogens is 1. The first-order chi connectivity index (χ1) is 11.7. The maximum atomic E-state index is 12.3. The fraction of sp³-hybridized carbons (Fsp3) is 0. The maximum Gasteiger partial charge on any atom is 0.305 e. The predicted octanol–water partition coefficient (Wildman–Crippen LogP) is 4.18. The highest BCUT2D eigenvalue weighted by molar-refractivity contribution is 6.32. The second-order valence-electron chi connectivity index (χ2n) is 5.16. The van der Waals surface area contributed by atoms with Crippen LogP contribution in [0.1, 0.15) is 21.6 Å². The highest BCUT2D eigenvalue weighted by Gasteiger charge is 2.13. The lowest BCUT2D eigenvalue weighted by atomic mass is 10.2. The SMILES string of the molecule is O=C(N[n+]1ccccc1/C=C/c1ccccc1Cl)c1ccccc1. The molecule has 1 heterocycles. The molecule has 3 aromatic rings. The minimum atomic E-state index is -0.167. The molecule has 118 valence electrons. The summed E-state index contributed by atoms with van der Waals surface area (Å²) < 4.78 is 1.68. The summed E-state index contributed by atoms with van der Waals surface area (Å²) in [4.78, 5) is 12.3. The Bertz CT molecular complexity index is 876. The van der Waals surface area contributed by atoms with Crippen molar-refractivity contribution < 1.29 is 9.47 Å². The topological polar surface area (TPSA) is 33.0 Å². The third-order valence-corrected chi connectivity index (χ3v) is 3.83. The first-order valence-corrected chi connectivity index (χ1v) is 7.91. The second kappa shape index (κ2) is 7.57. The van der Waals surface area contributed by atoms with Gasteiger partial charge in [0.25, 0.3) is 0 Å². The summed E-state index contributed by atoms with van der Waals surface area (Å²) >= 11 is 6.17. The predicted molar refractivity (Wildman–Crippen MR) is 97.2 cm³/mol. The molecule has 0 aliphatic rings. The van der Waals surface area contributed by atoms with Gasteiger partial charge in [-0.15, -0.1) is 5.43 Å². The first kappa shape index (κ1) is 16.0. The Hall–Kier alpha value is -2.91. The van der Waals surface area contributed by atoms with E-state index in [0.717, 1.165) is 11.3 Å². The van der Waals surface area contributed by atoms with Gasteiger partial charge >= 0.3 is 5.91 Å². The molecule has 0 radical (unpaired) electrons. The average molecular weight is 336 g/mol. The zero-order valence-corrected chi connectivity index (χ0v) is 13.6. The van der Waals surface area contributed by atoms with E-state index in [9.17, 15) is 4.79 Å². The van der Waals surface area contributed by atoms with E-state index in [1.807, 2.05) is 72.8 Å². The molecule has 0 spiro atoms. The van der Waals surface area contributed by atoms with E-state index in [1.165, 1.54) is 0 Å². The van der Waals surface area contributed by atoms with Crippen molar-refractivity contribution in [1.82, 2.24) is 0 Å². The molecule has 0 unspecified atom stereocenters. The van der Waals surface area contributed by atoms with E-state index in [4.69, 9.17) is 11.6 Å². The molecule has 2 aromatic carbocycles. The number of nitrogens with zero attached hydrogens (tertiary/aromatic N) is 1. The van der Waals surface area contributed by atoms with Gasteiger partial charge in [0.2, 0.25) is 11.9 Å². The van der Waals surface area contributed by atoms with Crippen LogP contribution in [0.4, 0.5) is 0 Å². The Morgan fingerprint density at radius 1 is 0.875 bits per heavy atom. The Morgan fingerprint density at radius 3 is 2.38 bits per heavy atom. The van der Waals surface area contributed by atoms with Crippen molar-refractivity contribution >= 4 is 29.7 Å². The van der Waals surface area contributed by atoms with Crippen LogP contribution in [0.5, 0.6) is 0 Å². The number of halogens is 1. The van der Waals surface area contributed by atoms with Gasteiger partial charge in [0, 0.05) is 28.8 Å². The van der Waals surface area contributed by atoms with Crippen molar-refractivity contribution in [3.8, 4) is 0 Å². The number of hydrogen-bond acceptors (Lipinski definition) is 1. The van der Waals surface area contributed by atoms with E-state index in [0.29, 0.717) is 10.6 Å². The van der Waals surface area contributed by atoms with Gasteiger partial charge in [-0.05, 0) is 35.9 Å². The van der Waals surface area contributed by atoms with Crippen LogP contribution in [0.2, 0.25) is 5.02 Å². The summed E-state index contributed by atoms with van der Waals surface area (Å²) in [5, 5.41) is 0.685. The Morgan fingerprint density at radius 2 is 1.58 bits per heavy atom. The lowest BCUT2D eigenvalue weighted by Gasteiger charge is -2.02. The van der Waals surface area contributed by atoms with Crippen molar-refractivity contribution in [3.63, 3.8) is 0 Å². The Kier molecular flexibility index (Phi) is 5.04. The number of pyridine rings is 1. The molecular weight excluding hydrogens is 320 g/mol. The zero-order chi connectivity index (χ0) is 16.8. The molecule has 0 saturated heterocycles. The molecule has 1 N–H and O–H groups in total. The van der Waals surface area contributed by atoms with Crippen LogP contribution in [-0.2, 0) is 0 Å². The monoisotopic (exact) mass is 335 g/mol. The largest absolute Gasteiger partial charge is 0.305 e. The summed E-state index contributed by atoms with van der Waals surface area (Å²) in [5.74, 6) is -0.167. The van der Waals surface area contributed by atoms with Crippen molar-refractivity contribution in [2.24, 2.45) is 0 Å². The quantitative estimate of drug-likeness (QED) is 0.713. The van der Waals surface area contributed by atoms with Crippen LogP contribution in [0.25, 0.3) is 12.2 Å². The number of nitrogens with one attached hydrogen (secondary N) is 1. The normalized spacial score (nSPS) is 10.7. The Balaban J connectivity index is 1.83. The van der Waals surface area contributed by atoms with Gasteiger partial charge in [0.05, 0.1) is 0 Å². The van der Waals surface area contributed by atoms with Crippen molar-refractivity contribution in [2.75, 3.05) is 5.43 Å². The highest BCUT2D eigenvalue weighted by atomic mass is 35.5. The van der Waals surface area contributed by atoms with Gasteiger partial charge in [-0.1, -0.05) is 52.7 Å². The molecule has 1 amide bonds. The van der Waals surface area contributed by atoms with Crippen LogP contribution in [0.3, 0.4) is 0 Å². The van der Waals surface area contributed by atoms with Crippen LogP contribution in [0, 0.1) is 0 Å². The number of hydrogen-bond donors (Lipinski definition) is 1. The molecule has 0 atom stereocenters. The van der Waals surface area contributed by atoms with Crippen LogP contribution in [-0.4, -0.2) is 5.91 Å². The molecule has 1 aromatic heterocycles. The van der Waals surface area contributed by atoms with Gasteiger partial charge in [-0.25, -0.2) is 0 Å². The summed E-state index contributed by atoms with van der Waals surface area (Å²) in [6, 6.07) is 22.4. The van der Waals surface area contributed by atoms with Crippen LogP contribution >= 0.6 is 11.6 Å².